The summed E-state index contributed by atoms with van der Waals surface area (Å²) in [6.45, 7) is 12.2. The van der Waals surface area contributed by atoms with Crippen molar-refractivity contribution in [3.8, 4) is 16.8 Å². The van der Waals surface area contributed by atoms with Crippen molar-refractivity contribution in [2.75, 3.05) is 30.3 Å². The van der Waals surface area contributed by atoms with Crippen LogP contribution in [0.15, 0.2) is 52.9 Å². The van der Waals surface area contributed by atoms with E-state index in [1.54, 1.807) is 36.4 Å². The standard InChI is InChI=1S/C33H31F2N7O2S/c1-6-22(43)40-11-12-41-19(14-40)15-45-31-25-30(26(34)24(27(31)35)23-17(4)7-8-21-20(23)13-37-39-21)42(33(44)38-32(25)41)29-18(5)9-10-36-28(29)16(2)3/h6-10,13,16,19H,1,11-12,14-15H2,2-5H3,(H,37,39). The van der Waals surface area contributed by atoms with E-state index in [1.165, 1.54) is 22.4 Å². The first-order chi connectivity index (χ1) is 21.6. The smallest absolute Gasteiger partial charge is 0.348 e. The van der Waals surface area contributed by atoms with Gasteiger partial charge in [0, 0.05) is 42.5 Å². The second kappa shape index (κ2) is 10.8. The summed E-state index contributed by atoms with van der Waals surface area (Å²) in [6.07, 6.45) is 4.50. The molecule has 0 bridgehead atoms. The predicted octanol–water partition coefficient (Wildman–Crippen LogP) is 5.65. The van der Waals surface area contributed by atoms with Crippen LogP contribution in [-0.2, 0) is 4.79 Å². The Balaban J connectivity index is 1.62. The number of carbonyl (C=O) groups is 1. The van der Waals surface area contributed by atoms with E-state index in [-0.39, 0.29) is 45.0 Å². The topological polar surface area (TPSA) is 100 Å². The lowest BCUT2D eigenvalue weighted by Crippen LogP contribution is -2.56. The van der Waals surface area contributed by atoms with Crippen LogP contribution in [0, 0.1) is 25.5 Å². The first kappa shape index (κ1) is 29.1. The lowest BCUT2D eigenvalue weighted by Gasteiger charge is -2.41. The number of benzene rings is 2. The van der Waals surface area contributed by atoms with Gasteiger partial charge in [-0.3, -0.25) is 19.4 Å². The molecule has 1 atom stereocenters. The average Bonchev–Trinajstić information content (AvgIpc) is 3.44. The SMILES string of the molecule is C=CC(=O)N1CCN2c3nc(=O)n(-c4c(C)ccnc4C(C)C)c4c(F)c(-c5c(C)ccc6[nH]ncc56)c(F)c(c34)SCC2C1. The number of aromatic amines is 1. The van der Waals surface area contributed by atoms with E-state index < -0.39 is 17.3 Å². The fourth-order valence-corrected chi connectivity index (χ4v) is 7.87. The van der Waals surface area contributed by atoms with Crippen molar-refractivity contribution < 1.29 is 13.6 Å². The Morgan fingerprint density at radius 2 is 1.93 bits per heavy atom. The van der Waals surface area contributed by atoms with E-state index in [0.717, 1.165) is 0 Å². The molecule has 45 heavy (non-hydrogen) atoms. The van der Waals surface area contributed by atoms with Gasteiger partial charge in [-0.25, -0.2) is 13.6 Å². The van der Waals surface area contributed by atoms with Crippen molar-refractivity contribution in [1.29, 1.82) is 0 Å². The zero-order chi connectivity index (χ0) is 31.7. The number of anilines is 1. The highest BCUT2D eigenvalue weighted by molar-refractivity contribution is 7.99. The molecule has 230 valence electrons. The van der Waals surface area contributed by atoms with Gasteiger partial charge in [0.25, 0.3) is 0 Å². The normalized spacial score (nSPS) is 16.4. The molecule has 3 aromatic heterocycles. The maximum Gasteiger partial charge on any atom is 0.354 e. The van der Waals surface area contributed by atoms with Gasteiger partial charge in [0.15, 0.2) is 5.82 Å². The van der Waals surface area contributed by atoms with Gasteiger partial charge in [0.1, 0.15) is 11.6 Å². The van der Waals surface area contributed by atoms with E-state index in [0.29, 0.717) is 64.4 Å². The quantitative estimate of drug-likeness (QED) is 0.257. The molecular weight excluding hydrogens is 596 g/mol. The minimum Gasteiger partial charge on any atom is -0.348 e. The number of fused-ring (bicyclic) bond motifs is 3. The third-order valence-electron chi connectivity index (χ3n) is 8.82. The summed E-state index contributed by atoms with van der Waals surface area (Å²) >= 11 is 1.25. The number of rotatable bonds is 4. The molecule has 7 rings (SSSR count). The van der Waals surface area contributed by atoms with Crippen LogP contribution in [0.1, 0.15) is 36.6 Å². The zero-order valence-electron chi connectivity index (χ0n) is 25.3. The molecule has 0 spiro atoms. The fraction of sp³-hybridized carbons (Fsp3) is 0.303. The number of H-pyrrole nitrogens is 1. The van der Waals surface area contributed by atoms with Gasteiger partial charge in [-0.05, 0) is 49.1 Å². The molecule has 1 fully saturated rings. The maximum atomic E-state index is 17.5. The van der Waals surface area contributed by atoms with Crippen molar-refractivity contribution in [3.63, 3.8) is 0 Å². The minimum absolute atomic E-state index is 0.0490. The molecule has 1 amide bonds. The van der Waals surface area contributed by atoms with Crippen LogP contribution in [0.2, 0.25) is 0 Å². The Morgan fingerprint density at radius 1 is 1.13 bits per heavy atom. The highest BCUT2D eigenvalue weighted by Gasteiger charge is 2.38. The molecule has 0 radical (unpaired) electrons. The van der Waals surface area contributed by atoms with Gasteiger partial charge in [0.05, 0.1) is 50.5 Å². The number of nitrogens with one attached hydrogen (secondary N) is 1. The third kappa shape index (κ3) is 4.37. The van der Waals surface area contributed by atoms with Crippen LogP contribution in [-0.4, -0.2) is 67.0 Å². The molecule has 2 aliphatic rings. The molecule has 0 saturated carbocycles. The van der Waals surface area contributed by atoms with E-state index in [9.17, 15) is 9.59 Å². The largest absolute Gasteiger partial charge is 0.354 e. The predicted molar refractivity (Wildman–Crippen MR) is 172 cm³/mol. The van der Waals surface area contributed by atoms with Crippen molar-refractivity contribution in [3.05, 3.63) is 82.2 Å². The van der Waals surface area contributed by atoms with Crippen LogP contribution >= 0.6 is 11.8 Å². The van der Waals surface area contributed by atoms with E-state index in [4.69, 9.17) is 0 Å². The molecule has 9 nitrogen and oxygen atoms in total. The number of amides is 1. The van der Waals surface area contributed by atoms with Gasteiger partial charge in [-0.2, -0.15) is 10.1 Å². The zero-order valence-corrected chi connectivity index (χ0v) is 26.1. The van der Waals surface area contributed by atoms with Crippen molar-refractivity contribution in [2.45, 2.75) is 44.6 Å². The van der Waals surface area contributed by atoms with Crippen LogP contribution in [0.5, 0.6) is 0 Å². The number of pyridine rings is 1. The van der Waals surface area contributed by atoms with Crippen LogP contribution < -0.4 is 10.6 Å². The second-order valence-electron chi connectivity index (χ2n) is 11.9. The fourth-order valence-electron chi connectivity index (χ4n) is 6.66. The Kier molecular flexibility index (Phi) is 6.99. The Morgan fingerprint density at radius 3 is 2.69 bits per heavy atom. The first-order valence-corrected chi connectivity index (χ1v) is 15.8. The maximum absolute atomic E-state index is 17.5. The summed E-state index contributed by atoms with van der Waals surface area (Å²) in [5.74, 6) is -1.28. The van der Waals surface area contributed by atoms with E-state index >= 15 is 8.78 Å². The van der Waals surface area contributed by atoms with E-state index in [1.807, 2.05) is 31.7 Å². The number of aryl methyl sites for hydroxylation is 2. The van der Waals surface area contributed by atoms with Gasteiger partial charge in [-0.15, -0.1) is 11.8 Å². The molecule has 5 heterocycles. The number of aromatic nitrogens is 5. The summed E-state index contributed by atoms with van der Waals surface area (Å²) in [6, 6.07) is 5.10. The number of carbonyl (C=O) groups excluding carboxylic acids is 1. The summed E-state index contributed by atoms with van der Waals surface area (Å²) in [5.41, 5.74) is 2.44. The van der Waals surface area contributed by atoms with Gasteiger partial charge in [0.2, 0.25) is 5.91 Å². The summed E-state index contributed by atoms with van der Waals surface area (Å²) < 4.78 is 35.9. The van der Waals surface area contributed by atoms with E-state index in [2.05, 4.69) is 26.7 Å². The minimum atomic E-state index is -0.860. The molecule has 0 aliphatic carbocycles. The molecule has 2 aromatic carbocycles. The number of nitrogens with zero attached hydrogens (tertiary/aromatic N) is 6. The molecule has 1 saturated heterocycles. The van der Waals surface area contributed by atoms with Gasteiger partial charge in [-0.1, -0.05) is 26.5 Å². The summed E-state index contributed by atoms with van der Waals surface area (Å²) in [7, 11) is 0. The Bertz CT molecular complexity index is 2120. The number of thioether (sulfide) groups is 1. The Labute approximate surface area is 262 Å². The molecular formula is C33H31F2N7O2S. The van der Waals surface area contributed by atoms with Crippen LogP contribution in [0.3, 0.4) is 0 Å². The van der Waals surface area contributed by atoms with Crippen molar-refractivity contribution in [1.82, 2.24) is 29.6 Å². The lowest BCUT2D eigenvalue weighted by molar-refractivity contribution is -0.126. The molecule has 1 unspecified atom stereocenters. The highest BCUT2D eigenvalue weighted by Crippen LogP contribution is 2.47. The first-order valence-electron chi connectivity index (χ1n) is 14.8. The number of hydrogen-bond acceptors (Lipinski definition) is 7. The summed E-state index contributed by atoms with van der Waals surface area (Å²) in [5, 5.41) is 7.84. The molecule has 2 aliphatic heterocycles. The lowest BCUT2D eigenvalue weighted by atomic mass is 9.94. The second-order valence-corrected chi connectivity index (χ2v) is 12.9. The molecule has 1 N–H and O–H groups in total. The van der Waals surface area contributed by atoms with Crippen molar-refractivity contribution in [2.24, 2.45) is 0 Å². The summed E-state index contributed by atoms with van der Waals surface area (Å²) in [4.78, 5) is 39.7. The number of halogens is 2. The molecule has 5 aromatic rings. The average molecular weight is 628 g/mol. The number of piperazine rings is 1. The Hall–Kier alpha value is -4.58. The van der Waals surface area contributed by atoms with Crippen LogP contribution in [0.25, 0.3) is 38.6 Å². The van der Waals surface area contributed by atoms with Gasteiger partial charge < -0.3 is 9.80 Å². The molecule has 12 heteroatoms. The monoisotopic (exact) mass is 627 g/mol. The van der Waals surface area contributed by atoms with Gasteiger partial charge >= 0.3 is 5.69 Å². The third-order valence-corrected chi connectivity index (χ3v) is 10.0. The van der Waals surface area contributed by atoms with Crippen molar-refractivity contribution >= 4 is 45.3 Å². The highest BCUT2D eigenvalue weighted by atomic mass is 32.2. The number of hydrogen-bond donors (Lipinski definition) is 1. The van der Waals surface area contributed by atoms with Crippen LogP contribution in [0.4, 0.5) is 14.6 Å².